The minimum absolute atomic E-state index is 0.926. The van der Waals surface area contributed by atoms with E-state index in [2.05, 4.69) is 51.3 Å². The smallest absolute Gasteiger partial charge is 0.0233 e. The summed E-state index contributed by atoms with van der Waals surface area (Å²) in [7, 11) is 2.05. The minimum Gasteiger partial charge on any atom is -0.320 e. The standard InChI is InChI=1S/C16H25BrN2/c1-13-11-15(3-4-16(13)17)12-19-9-6-14(7-10-19)5-8-18-2/h3-4,11,14,18H,5-10,12H2,1-2H3. The van der Waals surface area contributed by atoms with Crippen LogP contribution in [0.2, 0.25) is 0 Å². The topological polar surface area (TPSA) is 15.3 Å². The van der Waals surface area contributed by atoms with Crippen molar-refractivity contribution in [3.63, 3.8) is 0 Å². The zero-order valence-electron chi connectivity index (χ0n) is 12.1. The van der Waals surface area contributed by atoms with Gasteiger partial charge in [-0.3, -0.25) is 4.90 Å². The minimum atomic E-state index is 0.926. The maximum atomic E-state index is 3.57. The Bertz CT molecular complexity index is 398. The van der Waals surface area contributed by atoms with Gasteiger partial charge in [0.2, 0.25) is 0 Å². The molecule has 1 aliphatic rings. The van der Waals surface area contributed by atoms with Crippen LogP contribution in [-0.4, -0.2) is 31.6 Å². The molecule has 0 bridgehead atoms. The zero-order chi connectivity index (χ0) is 13.7. The van der Waals surface area contributed by atoms with Gasteiger partial charge in [-0.1, -0.05) is 28.1 Å². The van der Waals surface area contributed by atoms with E-state index in [-0.39, 0.29) is 0 Å². The normalized spacial score (nSPS) is 17.8. The maximum absolute atomic E-state index is 3.57. The fourth-order valence-electron chi connectivity index (χ4n) is 2.85. The molecule has 3 heteroatoms. The van der Waals surface area contributed by atoms with Crippen LogP contribution in [-0.2, 0) is 6.54 Å². The van der Waals surface area contributed by atoms with E-state index in [0.717, 1.165) is 19.0 Å². The number of piperidine rings is 1. The number of aryl methyl sites for hydroxylation is 1. The van der Waals surface area contributed by atoms with Gasteiger partial charge in [-0.2, -0.15) is 0 Å². The van der Waals surface area contributed by atoms with Crippen molar-refractivity contribution in [1.29, 1.82) is 0 Å². The van der Waals surface area contributed by atoms with E-state index in [9.17, 15) is 0 Å². The molecule has 0 aromatic heterocycles. The summed E-state index contributed by atoms with van der Waals surface area (Å²) in [5, 5.41) is 3.26. The summed E-state index contributed by atoms with van der Waals surface area (Å²) in [5.41, 5.74) is 2.77. The van der Waals surface area contributed by atoms with Crippen LogP contribution in [0, 0.1) is 12.8 Å². The molecule has 0 spiro atoms. The second kappa shape index (κ2) is 7.41. The third kappa shape index (κ3) is 4.59. The number of halogens is 1. The van der Waals surface area contributed by atoms with Gasteiger partial charge in [0.1, 0.15) is 0 Å². The molecule has 2 rings (SSSR count). The molecule has 1 heterocycles. The third-order valence-corrected chi connectivity index (χ3v) is 5.03. The zero-order valence-corrected chi connectivity index (χ0v) is 13.7. The molecule has 2 nitrogen and oxygen atoms in total. The number of hydrogen-bond donors (Lipinski definition) is 1. The van der Waals surface area contributed by atoms with E-state index in [1.807, 2.05) is 7.05 Å². The summed E-state index contributed by atoms with van der Waals surface area (Å²) in [6, 6.07) is 6.71. The largest absolute Gasteiger partial charge is 0.320 e. The van der Waals surface area contributed by atoms with Crippen LogP contribution in [0.15, 0.2) is 22.7 Å². The predicted octanol–water partition coefficient (Wildman–Crippen LogP) is 3.58. The van der Waals surface area contributed by atoms with Crippen molar-refractivity contribution in [1.82, 2.24) is 10.2 Å². The molecule has 1 N–H and O–H groups in total. The predicted molar refractivity (Wildman–Crippen MR) is 85.4 cm³/mol. The second-order valence-electron chi connectivity index (χ2n) is 5.70. The number of nitrogens with one attached hydrogen (secondary N) is 1. The molecule has 1 saturated heterocycles. The first-order valence-electron chi connectivity index (χ1n) is 7.31. The van der Waals surface area contributed by atoms with Gasteiger partial charge < -0.3 is 5.32 Å². The van der Waals surface area contributed by atoms with Crippen molar-refractivity contribution in [2.75, 3.05) is 26.7 Å². The number of nitrogens with zero attached hydrogens (tertiary/aromatic N) is 1. The van der Waals surface area contributed by atoms with Crippen LogP contribution in [0.3, 0.4) is 0 Å². The van der Waals surface area contributed by atoms with Crippen molar-refractivity contribution >= 4 is 15.9 Å². The molecule has 1 aromatic rings. The lowest BCUT2D eigenvalue weighted by Gasteiger charge is -2.32. The Morgan fingerprint density at radius 1 is 1.32 bits per heavy atom. The van der Waals surface area contributed by atoms with Crippen molar-refractivity contribution < 1.29 is 0 Å². The number of benzene rings is 1. The van der Waals surface area contributed by atoms with Gasteiger partial charge in [0.15, 0.2) is 0 Å². The third-order valence-electron chi connectivity index (χ3n) is 4.14. The van der Waals surface area contributed by atoms with E-state index in [0.29, 0.717) is 0 Å². The van der Waals surface area contributed by atoms with Gasteiger partial charge in [-0.05, 0) is 76.0 Å². The Balaban J connectivity index is 1.80. The molecule has 1 aromatic carbocycles. The van der Waals surface area contributed by atoms with Gasteiger partial charge in [-0.25, -0.2) is 0 Å². The Kier molecular flexibility index (Phi) is 5.86. The monoisotopic (exact) mass is 324 g/mol. The van der Waals surface area contributed by atoms with Crippen molar-refractivity contribution in [3.05, 3.63) is 33.8 Å². The SMILES string of the molecule is CNCCC1CCN(Cc2ccc(Br)c(C)c2)CC1. The van der Waals surface area contributed by atoms with Gasteiger partial charge in [0.25, 0.3) is 0 Å². The Labute approximate surface area is 125 Å². The van der Waals surface area contributed by atoms with E-state index in [1.54, 1.807) is 0 Å². The molecule has 1 aliphatic heterocycles. The molecule has 106 valence electrons. The molecular weight excluding hydrogens is 300 g/mol. The first-order chi connectivity index (χ1) is 9.19. The average Bonchev–Trinajstić information content (AvgIpc) is 2.42. The summed E-state index contributed by atoms with van der Waals surface area (Å²) < 4.78 is 1.21. The van der Waals surface area contributed by atoms with Gasteiger partial charge in [-0.15, -0.1) is 0 Å². The van der Waals surface area contributed by atoms with Crippen LogP contribution in [0.1, 0.15) is 30.4 Å². The maximum Gasteiger partial charge on any atom is 0.0233 e. The lowest BCUT2D eigenvalue weighted by atomic mass is 9.93. The van der Waals surface area contributed by atoms with Crippen molar-refractivity contribution in [2.45, 2.75) is 32.7 Å². The second-order valence-corrected chi connectivity index (χ2v) is 6.55. The average molecular weight is 325 g/mol. The Hall–Kier alpha value is -0.380. The van der Waals surface area contributed by atoms with Crippen LogP contribution in [0.5, 0.6) is 0 Å². The summed E-state index contributed by atoms with van der Waals surface area (Å²) in [5.74, 6) is 0.926. The highest BCUT2D eigenvalue weighted by Gasteiger charge is 2.18. The molecule has 0 radical (unpaired) electrons. The summed E-state index contributed by atoms with van der Waals surface area (Å²) >= 11 is 3.57. The molecule has 0 saturated carbocycles. The first-order valence-corrected chi connectivity index (χ1v) is 8.10. The molecule has 0 aliphatic carbocycles. The molecular formula is C16H25BrN2. The van der Waals surface area contributed by atoms with Crippen LogP contribution >= 0.6 is 15.9 Å². The van der Waals surface area contributed by atoms with Crippen LogP contribution in [0.25, 0.3) is 0 Å². The van der Waals surface area contributed by atoms with Gasteiger partial charge in [0, 0.05) is 11.0 Å². The first kappa shape index (κ1) is 15.0. The summed E-state index contributed by atoms with van der Waals surface area (Å²) in [4.78, 5) is 2.60. The fourth-order valence-corrected chi connectivity index (χ4v) is 3.09. The number of likely N-dealkylation sites (tertiary alicyclic amines) is 1. The molecule has 0 atom stereocenters. The van der Waals surface area contributed by atoms with Crippen molar-refractivity contribution in [3.8, 4) is 0 Å². The highest BCUT2D eigenvalue weighted by Crippen LogP contribution is 2.23. The van der Waals surface area contributed by atoms with E-state index >= 15 is 0 Å². The number of hydrogen-bond acceptors (Lipinski definition) is 2. The summed E-state index contributed by atoms with van der Waals surface area (Å²) in [6.07, 6.45) is 4.05. The van der Waals surface area contributed by atoms with E-state index in [4.69, 9.17) is 0 Å². The molecule has 1 fully saturated rings. The van der Waals surface area contributed by atoms with Crippen LogP contribution in [0.4, 0.5) is 0 Å². The summed E-state index contributed by atoms with van der Waals surface area (Å²) in [6.45, 7) is 6.94. The molecule has 0 unspecified atom stereocenters. The van der Waals surface area contributed by atoms with Crippen molar-refractivity contribution in [2.24, 2.45) is 5.92 Å². The molecule has 19 heavy (non-hydrogen) atoms. The number of rotatable bonds is 5. The lowest BCUT2D eigenvalue weighted by Crippen LogP contribution is -2.34. The highest BCUT2D eigenvalue weighted by molar-refractivity contribution is 9.10. The Morgan fingerprint density at radius 3 is 2.68 bits per heavy atom. The van der Waals surface area contributed by atoms with Crippen LogP contribution < -0.4 is 5.32 Å². The lowest BCUT2D eigenvalue weighted by molar-refractivity contribution is 0.172. The fraction of sp³-hybridized carbons (Fsp3) is 0.625. The van der Waals surface area contributed by atoms with Gasteiger partial charge in [0.05, 0.1) is 0 Å². The Morgan fingerprint density at radius 2 is 2.05 bits per heavy atom. The van der Waals surface area contributed by atoms with E-state index in [1.165, 1.54) is 48.0 Å². The highest BCUT2D eigenvalue weighted by atomic mass is 79.9. The van der Waals surface area contributed by atoms with E-state index < -0.39 is 0 Å². The van der Waals surface area contributed by atoms with Gasteiger partial charge >= 0.3 is 0 Å². The quantitative estimate of drug-likeness (QED) is 0.890. The molecule has 0 amide bonds.